The summed E-state index contributed by atoms with van der Waals surface area (Å²) in [5, 5.41) is 6.10. The second-order valence-electron chi connectivity index (χ2n) is 4.61. The third-order valence-electron chi connectivity index (χ3n) is 3.76. The Hall–Kier alpha value is -0.850. The molecule has 1 amide bonds. The fraction of sp³-hybridized carbons (Fsp3) is 0.462. The average Bonchev–Trinajstić information content (AvgIpc) is 2.48. The fourth-order valence-electron chi connectivity index (χ4n) is 2.22. The topological polar surface area (TPSA) is 41.1 Å². The number of carbonyl (C=O) groups is 1. The van der Waals surface area contributed by atoms with Crippen molar-refractivity contribution in [3.8, 4) is 0 Å². The van der Waals surface area contributed by atoms with Gasteiger partial charge in [-0.25, -0.2) is 4.39 Å². The van der Waals surface area contributed by atoms with Gasteiger partial charge in [-0.05, 0) is 41.5 Å². The van der Waals surface area contributed by atoms with Crippen LogP contribution in [-0.2, 0) is 4.79 Å². The summed E-state index contributed by atoms with van der Waals surface area (Å²) in [6.07, 6.45) is 1.52. The quantitative estimate of drug-likeness (QED) is 0.790. The highest BCUT2D eigenvalue weighted by atomic mass is 127. The zero-order valence-electron chi connectivity index (χ0n) is 10.4. The van der Waals surface area contributed by atoms with Crippen LogP contribution in [0.1, 0.15) is 26.7 Å². The third-order valence-corrected chi connectivity index (χ3v) is 4.59. The zero-order valence-corrected chi connectivity index (χ0v) is 12.6. The molecule has 1 aromatic carbocycles. The van der Waals surface area contributed by atoms with Crippen molar-refractivity contribution in [2.45, 2.75) is 26.7 Å². The molecule has 0 radical (unpaired) electrons. The second kappa shape index (κ2) is 5.03. The van der Waals surface area contributed by atoms with E-state index in [2.05, 4.69) is 10.6 Å². The van der Waals surface area contributed by atoms with Gasteiger partial charge in [0.25, 0.3) is 0 Å². The number of hydrogen-bond donors (Lipinski definition) is 2. The van der Waals surface area contributed by atoms with Crippen LogP contribution in [-0.4, -0.2) is 12.5 Å². The van der Waals surface area contributed by atoms with Gasteiger partial charge >= 0.3 is 0 Å². The number of carbonyl (C=O) groups excluding carboxylic acids is 1. The molecule has 1 aromatic rings. The Bertz CT molecular complexity index is 486. The molecule has 1 aliphatic rings. The second-order valence-corrected chi connectivity index (χ2v) is 5.77. The highest BCUT2D eigenvalue weighted by Gasteiger charge is 2.37. The first-order valence-electron chi connectivity index (χ1n) is 6.07. The lowest BCUT2D eigenvalue weighted by molar-refractivity contribution is -0.125. The molecule has 18 heavy (non-hydrogen) atoms. The molecule has 2 N–H and O–H groups in total. The van der Waals surface area contributed by atoms with Gasteiger partial charge in [-0.1, -0.05) is 13.8 Å². The third kappa shape index (κ3) is 2.20. The average molecular weight is 362 g/mol. The first-order valence-corrected chi connectivity index (χ1v) is 7.14. The lowest BCUT2D eigenvalue weighted by Crippen LogP contribution is -2.39. The van der Waals surface area contributed by atoms with Crippen molar-refractivity contribution >= 4 is 39.9 Å². The van der Waals surface area contributed by atoms with Crippen LogP contribution < -0.4 is 10.6 Å². The molecule has 0 saturated carbocycles. The molecule has 3 nitrogen and oxygen atoms in total. The monoisotopic (exact) mass is 362 g/mol. The molecule has 0 aromatic heterocycles. The summed E-state index contributed by atoms with van der Waals surface area (Å²) in [5.41, 5.74) is 0.903. The minimum Gasteiger partial charge on any atom is -0.382 e. The molecule has 2 rings (SSSR count). The van der Waals surface area contributed by atoms with Gasteiger partial charge in [0.2, 0.25) is 5.91 Å². The summed E-state index contributed by atoms with van der Waals surface area (Å²) in [5.74, 6) is -0.252. The summed E-state index contributed by atoms with van der Waals surface area (Å²) in [6.45, 7) is 4.55. The van der Waals surface area contributed by atoms with E-state index in [0.717, 1.165) is 12.8 Å². The molecular weight excluding hydrogens is 346 g/mol. The highest BCUT2D eigenvalue weighted by Crippen LogP contribution is 2.36. The van der Waals surface area contributed by atoms with Crippen molar-refractivity contribution in [1.29, 1.82) is 0 Å². The Labute approximate surface area is 120 Å². The summed E-state index contributed by atoms with van der Waals surface area (Å²) >= 11 is 1.92. The van der Waals surface area contributed by atoms with E-state index in [1.165, 1.54) is 6.07 Å². The smallest absolute Gasteiger partial charge is 0.232 e. The highest BCUT2D eigenvalue weighted by molar-refractivity contribution is 14.1. The van der Waals surface area contributed by atoms with Crippen molar-refractivity contribution in [3.63, 3.8) is 0 Å². The molecule has 0 aliphatic carbocycles. The minimum absolute atomic E-state index is 0.0150. The predicted octanol–water partition coefficient (Wildman–Crippen LogP) is 3.60. The number of benzene rings is 1. The Kier molecular flexibility index (Phi) is 3.79. The summed E-state index contributed by atoms with van der Waals surface area (Å²) in [4.78, 5) is 12.3. The summed E-state index contributed by atoms with van der Waals surface area (Å²) in [7, 11) is 0. The van der Waals surface area contributed by atoms with E-state index in [-0.39, 0.29) is 11.7 Å². The van der Waals surface area contributed by atoms with Crippen LogP contribution in [0.4, 0.5) is 15.8 Å². The van der Waals surface area contributed by atoms with Crippen LogP contribution in [0.25, 0.3) is 0 Å². The molecule has 0 spiro atoms. The molecule has 0 fully saturated rings. The Morgan fingerprint density at radius 2 is 2.00 bits per heavy atom. The van der Waals surface area contributed by atoms with Crippen LogP contribution in [0, 0.1) is 14.8 Å². The Morgan fingerprint density at radius 3 is 2.61 bits per heavy atom. The van der Waals surface area contributed by atoms with Gasteiger partial charge in [-0.2, -0.15) is 0 Å². The number of nitrogens with one attached hydrogen (secondary N) is 2. The minimum atomic E-state index is -0.416. The van der Waals surface area contributed by atoms with Gasteiger partial charge in [-0.3, -0.25) is 4.79 Å². The van der Waals surface area contributed by atoms with Crippen LogP contribution >= 0.6 is 22.6 Å². The van der Waals surface area contributed by atoms with Crippen LogP contribution in [0.2, 0.25) is 0 Å². The van der Waals surface area contributed by atoms with Gasteiger partial charge < -0.3 is 10.6 Å². The molecule has 1 aliphatic heterocycles. The van der Waals surface area contributed by atoms with Crippen LogP contribution in [0.3, 0.4) is 0 Å². The number of anilines is 2. The van der Waals surface area contributed by atoms with Crippen LogP contribution in [0.5, 0.6) is 0 Å². The lowest BCUT2D eigenvalue weighted by atomic mass is 9.81. The van der Waals surface area contributed by atoms with Crippen molar-refractivity contribution in [2.24, 2.45) is 5.41 Å². The number of halogens is 2. The molecule has 0 saturated heterocycles. The lowest BCUT2D eigenvalue weighted by Gasteiger charge is -2.27. The van der Waals surface area contributed by atoms with Gasteiger partial charge in [0.05, 0.1) is 20.4 Å². The Balaban J connectivity index is 2.41. The Morgan fingerprint density at radius 1 is 1.33 bits per heavy atom. The molecule has 98 valence electrons. The maximum absolute atomic E-state index is 13.5. The van der Waals surface area contributed by atoms with Crippen LogP contribution in [0.15, 0.2) is 12.1 Å². The maximum Gasteiger partial charge on any atom is 0.232 e. The molecule has 0 bridgehead atoms. The molecule has 0 atom stereocenters. The zero-order chi connectivity index (χ0) is 13.3. The van der Waals surface area contributed by atoms with Gasteiger partial charge in [0.1, 0.15) is 5.82 Å². The van der Waals surface area contributed by atoms with Crippen molar-refractivity contribution < 1.29 is 9.18 Å². The first kappa shape index (κ1) is 13.6. The number of amides is 1. The predicted molar refractivity (Wildman–Crippen MR) is 79.3 cm³/mol. The molecule has 0 unspecified atom stereocenters. The summed E-state index contributed by atoms with van der Waals surface area (Å²) < 4.78 is 14.0. The van der Waals surface area contributed by atoms with Gasteiger partial charge in [0, 0.05) is 12.6 Å². The molecular formula is C13H16FIN2O. The summed E-state index contributed by atoms with van der Waals surface area (Å²) in [6, 6.07) is 3.11. The maximum atomic E-state index is 13.5. The molecule has 5 heteroatoms. The van der Waals surface area contributed by atoms with E-state index in [9.17, 15) is 9.18 Å². The van der Waals surface area contributed by atoms with Crippen molar-refractivity contribution in [2.75, 3.05) is 17.2 Å². The van der Waals surface area contributed by atoms with E-state index in [4.69, 9.17) is 0 Å². The van der Waals surface area contributed by atoms with E-state index in [0.29, 0.717) is 21.5 Å². The van der Waals surface area contributed by atoms with Gasteiger partial charge in [0.15, 0.2) is 0 Å². The number of fused-ring (bicyclic) bond motifs is 1. The van der Waals surface area contributed by atoms with Crippen molar-refractivity contribution in [1.82, 2.24) is 0 Å². The van der Waals surface area contributed by atoms with E-state index >= 15 is 0 Å². The van der Waals surface area contributed by atoms with Crippen molar-refractivity contribution in [3.05, 3.63) is 21.5 Å². The van der Waals surface area contributed by atoms with E-state index in [1.807, 2.05) is 36.4 Å². The largest absolute Gasteiger partial charge is 0.382 e. The first-order chi connectivity index (χ1) is 8.52. The standard InChI is InChI=1S/C13H16FIN2O/c1-3-13(4-2)7-16-10-5-8(14)9(15)6-11(10)17-12(13)18/h5-6,16H,3-4,7H2,1-2H3,(H,17,18). The van der Waals surface area contributed by atoms with E-state index in [1.54, 1.807) is 6.07 Å². The fourth-order valence-corrected chi connectivity index (χ4v) is 2.68. The van der Waals surface area contributed by atoms with Gasteiger partial charge in [-0.15, -0.1) is 0 Å². The number of rotatable bonds is 2. The SMILES string of the molecule is CCC1(CC)CNc2cc(F)c(I)cc2NC1=O. The number of hydrogen-bond acceptors (Lipinski definition) is 2. The van der Waals surface area contributed by atoms with E-state index < -0.39 is 5.41 Å². The normalized spacial score (nSPS) is 17.4. The molecule has 1 heterocycles.